The number of carbonyl (C=O) groups excluding carboxylic acids is 1. The molecule has 0 aliphatic carbocycles. The van der Waals surface area contributed by atoms with Gasteiger partial charge in [0.05, 0.1) is 18.5 Å². The summed E-state index contributed by atoms with van der Waals surface area (Å²) in [5, 5.41) is 11.3. The molecular formula is C21H24N4O2. The first-order valence-electron chi connectivity index (χ1n) is 8.90. The Kier molecular flexibility index (Phi) is 5.26. The van der Waals surface area contributed by atoms with Crippen LogP contribution in [0.2, 0.25) is 0 Å². The molecule has 0 spiro atoms. The summed E-state index contributed by atoms with van der Waals surface area (Å²) in [5.41, 5.74) is 4.72. The SMILES string of the molecule is COc1cccc(-n2nnc(C(=O)Nc3c(C)cccc3C(C)C)c2C)c1. The van der Waals surface area contributed by atoms with Gasteiger partial charge in [0, 0.05) is 11.8 Å². The minimum Gasteiger partial charge on any atom is -0.497 e. The molecule has 0 bridgehead atoms. The lowest BCUT2D eigenvalue weighted by atomic mass is 9.98. The van der Waals surface area contributed by atoms with Gasteiger partial charge in [0.2, 0.25) is 0 Å². The molecule has 1 heterocycles. The third-order valence-corrected chi connectivity index (χ3v) is 4.57. The van der Waals surface area contributed by atoms with Crippen molar-refractivity contribution in [3.8, 4) is 11.4 Å². The van der Waals surface area contributed by atoms with Crippen LogP contribution in [0.3, 0.4) is 0 Å². The maximum Gasteiger partial charge on any atom is 0.278 e. The minimum atomic E-state index is -0.266. The Labute approximate surface area is 159 Å². The fourth-order valence-corrected chi connectivity index (χ4v) is 3.04. The molecule has 1 N–H and O–H groups in total. The number of para-hydroxylation sites is 1. The Hall–Kier alpha value is -3.15. The molecule has 27 heavy (non-hydrogen) atoms. The van der Waals surface area contributed by atoms with E-state index in [0.29, 0.717) is 17.3 Å². The van der Waals surface area contributed by atoms with Gasteiger partial charge in [-0.1, -0.05) is 43.3 Å². The predicted octanol–water partition coefficient (Wildman–Crippen LogP) is 4.27. The monoisotopic (exact) mass is 364 g/mol. The molecule has 0 radical (unpaired) electrons. The normalized spacial score (nSPS) is 10.9. The van der Waals surface area contributed by atoms with Crippen LogP contribution in [0.15, 0.2) is 42.5 Å². The standard InChI is InChI=1S/C21H24N4O2/c1-13(2)18-11-6-8-14(3)19(18)22-21(26)20-15(4)25(24-23-20)16-9-7-10-17(12-16)27-5/h6-13H,1-5H3,(H,22,26). The van der Waals surface area contributed by atoms with Crippen LogP contribution in [-0.2, 0) is 0 Å². The number of nitrogens with zero attached hydrogens (tertiary/aromatic N) is 3. The molecule has 3 rings (SSSR count). The summed E-state index contributed by atoms with van der Waals surface area (Å²) < 4.78 is 6.89. The summed E-state index contributed by atoms with van der Waals surface area (Å²) in [6, 6.07) is 13.5. The zero-order valence-electron chi connectivity index (χ0n) is 16.3. The van der Waals surface area contributed by atoms with Crippen LogP contribution in [0, 0.1) is 13.8 Å². The van der Waals surface area contributed by atoms with Crippen LogP contribution >= 0.6 is 0 Å². The van der Waals surface area contributed by atoms with E-state index in [1.165, 1.54) is 0 Å². The van der Waals surface area contributed by atoms with Crippen LogP contribution in [-0.4, -0.2) is 28.0 Å². The molecule has 0 unspecified atom stereocenters. The Morgan fingerprint density at radius 1 is 1.15 bits per heavy atom. The number of hydrogen-bond donors (Lipinski definition) is 1. The Bertz CT molecular complexity index is 976. The van der Waals surface area contributed by atoms with Crippen LogP contribution in [0.5, 0.6) is 5.75 Å². The summed E-state index contributed by atoms with van der Waals surface area (Å²) >= 11 is 0. The third-order valence-electron chi connectivity index (χ3n) is 4.57. The second-order valence-electron chi connectivity index (χ2n) is 6.78. The van der Waals surface area contributed by atoms with E-state index in [-0.39, 0.29) is 5.91 Å². The molecule has 6 nitrogen and oxygen atoms in total. The van der Waals surface area contributed by atoms with E-state index in [2.05, 4.69) is 29.5 Å². The highest BCUT2D eigenvalue weighted by molar-refractivity contribution is 6.04. The highest BCUT2D eigenvalue weighted by atomic mass is 16.5. The molecule has 1 aromatic heterocycles. The van der Waals surface area contributed by atoms with E-state index in [9.17, 15) is 4.79 Å². The average molecular weight is 364 g/mol. The lowest BCUT2D eigenvalue weighted by Crippen LogP contribution is -2.16. The number of carbonyl (C=O) groups is 1. The van der Waals surface area contributed by atoms with E-state index in [1.807, 2.05) is 56.3 Å². The van der Waals surface area contributed by atoms with Crippen molar-refractivity contribution >= 4 is 11.6 Å². The third kappa shape index (κ3) is 3.69. The van der Waals surface area contributed by atoms with Crippen molar-refractivity contribution in [2.24, 2.45) is 0 Å². The molecule has 0 aliphatic rings. The molecular weight excluding hydrogens is 340 g/mol. The predicted molar refractivity (Wildman–Crippen MR) is 106 cm³/mol. The molecule has 6 heteroatoms. The van der Waals surface area contributed by atoms with E-state index < -0.39 is 0 Å². The number of ether oxygens (including phenoxy) is 1. The minimum absolute atomic E-state index is 0.266. The van der Waals surface area contributed by atoms with Crippen molar-refractivity contribution in [2.75, 3.05) is 12.4 Å². The van der Waals surface area contributed by atoms with Crippen molar-refractivity contribution in [3.63, 3.8) is 0 Å². The zero-order chi connectivity index (χ0) is 19.6. The van der Waals surface area contributed by atoms with Gasteiger partial charge in [-0.25, -0.2) is 4.68 Å². The molecule has 0 saturated carbocycles. The zero-order valence-corrected chi connectivity index (χ0v) is 16.3. The van der Waals surface area contributed by atoms with Gasteiger partial charge in [0.1, 0.15) is 5.75 Å². The smallest absolute Gasteiger partial charge is 0.278 e. The number of aryl methyl sites for hydroxylation is 1. The van der Waals surface area contributed by atoms with Gasteiger partial charge in [0.15, 0.2) is 5.69 Å². The summed E-state index contributed by atoms with van der Waals surface area (Å²) in [6.07, 6.45) is 0. The molecule has 0 atom stereocenters. The van der Waals surface area contributed by atoms with Gasteiger partial charge in [-0.2, -0.15) is 0 Å². The number of aromatic nitrogens is 3. The number of nitrogens with one attached hydrogen (secondary N) is 1. The van der Waals surface area contributed by atoms with Crippen LogP contribution in [0.1, 0.15) is 47.1 Å². The lowest BCUT2D eigenvalue weighted by molar-refractivity contribution is 0.102. The van der Waals surface area contributed by atoms with Crippen molar-refractivity contribution in [2.45, 2.75) is 33.6 Å². The van der Waals surface area contributed by atoms with Crippen LogP contribution in [0.4, 0.5) is 5.69 Å². The van der Waals surface area contributed by atoms with E-state index in [0.717, 1.165) is 28.3 Å². The summed E-state index contributed by atoms with van der Waals surface area (Å²) in [4.78, 5) is 12.9. The van der Waals surface area contributed by atoms with Gasteiger partial charge in [-0.15, -0.1) is 5.10 Å². The maximum absolute atomic E-state index is 12.9. The van der Waals surface area contributed by atoms with E-state index in [1.54, 1.807) is 11.8 Å². The summed E-state index contributed by atoms with van der Waals surface area (Å²) in [6.45, 7) is 8.03. The highest BCUT2D eigenvalue weighted by Crippen LogP contribution is 2.28. The number of benzene rings is 2. The van der Waals surface area contributed by atoms with Crippen molar-refractivity contribution in [1.29, 1.82) is 0 Å². The van der Waals surface area contributed by atoms with Gasteiger partial charge in [0.25, 0.3) is 5.91 Å². The lowest BCUT2D eigenvalue weighted by Gasteiger charge is -2.16. The van der Waals surface area contributed by atoms with Gasteiger partial charge in [-0.3, -0.25) is 4.79 Å². The quantitative estimate of drug-likeness (QED) is 0.734. The van der Waals surface area contributed by atoms with Crippen LogP contribution in [0.25, 0.3) is 5.69 Å². The Morgan fingerprint density at radius 2 is 1.89 bits per heavy atom. The molecule has 0 saturated heterocycles. The van der Waals surface area contributed by atoms with E-state index in [4.69, 9.17) is 4.74 Å². The summed E-state index contributed by atoms with van der Waals surface area (Å²) in [5.74, 6) is 0.751. The van der Waals surface area contributed by atoms with Crippen molar-refractivity contribution in [1.82, 2.24) is 15.0 Å². The molecule has 2 aromatic carbocycles. The number of hydrogen-bond acceptors (Lipinski definition) is 4. The maximum atomic E-state index is 12.9. The molecule has 0 aliphatic heterocycles. The Morgan fingerprint density at radius 3 is 2.59 bits per heavy atom. The first-order valence-corrected chi connectivity index (χ1v) is 8.90. The van der Waals surface area contributed by atoms with Gasteiger partial charge < -0.3 is 10.1 Å². The van der Waals surface area contributed by atoms with Crippen molar-refractivity contribution < 1.29 is 9.53 Å². The second-order valence-corrected chi connectivity index (χ2v) is 6.78. The first-order chi connectivity index (χ1) is 12.9. The second kappa shape index (κ2) is 7.61. The van der Waals surface area contributed by atoms with E-state index >= 15 is 0 Å². The fraction of sp³-hybridized carbons (Fsp3) is 0.286. The highest BCUT2D eigenvalue weighted by Gasteiger charge is 2.20. The number of amides is 1. The largest absolute Gasteiger partial charge is 0.497 e. The number of methoxy groups -OCH3 is 1. The topological polar surface area (TPSA) is 69.0 Å². The number of rotatable bonds is 5. The average Bonchev–Trinajstić information content (AvgIpc) is 3.04. The molecule has 140 valence electrons. The van der Waals surface area contributed by atoms with Gasteiger partial charge >= 0.3 is 0 Å². The fourth-order valence-electron chi connectivity index (χ4n) is 3.04. The first kappa shape index (κ1) is 18.6. The molecule has 0 fully saturated rings. The Balaban J connectivity index is 1.93. The summed E-state index contributed by atoms with van der Waals surface area (Å²) in [7, 11) is 1.61. The van der Waals surface area contributed by atoms with Crippen molar-refractivity contribution in [3.05, 3.63) is 65.0 Å². The number of anilines is 1. The molecule has 3 aromatic rings. The molecule has 1 amide bonds. The van der Waals surface area contributed by atoms with Gasteiger partial charge in [-0.05, 0) is 43.0 Å². The van der Waals surface area contributed by atoms with Crippen LogP contribution < -0.4 is 10.1 Å².